The van der Waals surface area contributed by atoms with Crippen LogP contribution in [0.15, 0.2) is 29.2 Å². The predicted molar refractivity (Wildman–Crippen MR) is 143 cm³/mol. The Bertz CT molecular complexity index is 981. The molecule has 0 aliphatic carbocycles. The molecule has 1 heterocycles. The summed E-state index contributed by atoms with van der Waals surface area (Å²) in [6.45, 7) is 18.2. The van der Waals surface area contributed by atoms with E-state index in [-0.39, 0.29) is 23.1 Å². The van der Waals surface area contributed by atoms with E-state index in [1.807, 2.05) is 27.7 Å². The Morgan fingerprint density at radius 2 is 1.67 bits per heavy atom. The third kappa shape index (κ3) is 8.27. The molecule has 0 aromatic heterocycles. The molecule has 0 saturated carbocycles. The van der Waals surface area contributed by atoms with Gasteiger partial charge in [-0.15, -0.1) is 0 Å². The second kappa shape index (κ2) is 11.5. The Morgan fingerprint density at radius 1 is 1.08 bits per heavy atom. The molecule has 3 atom stereocenters. The molecule has 206 valence electrons. The Morgan fingerprint density at radius 3 is 2.19 bits per heavy atom. The normalized spacial score (nSPS) is 21.6. The van der Waals surface area contributed by atoms with Crippen molar-refractivity contribution < 1.29 is 31.7 Å². The van der Waals surface area contributed by atoms with E-state index >= 15 is 0 Å². The maximum Gasteiger partial charge on any atom is 0.410 e. The molecule has 1 aliphatic rings. The zero-order valence-corrected chi connectivity index (χ0v) is 25.1. The second-order valence-electron chi connectivity index (χ2n) is 12.2. The van der Waals surface area contributed by atoms with Gasteiger partial charge in [-0.1, -0.05) is 38.5 Å². The minimum atomic E-state index is -3.82. The molecule has 36 heavy (non-hydrogen) atoms. The van der Waals surface area contributed by atoms with Gasteiger partial charge < -0.3 is 14.3 Å². The van der Waals surface area contributed by atoms with Crippen LogP contribution in [0.4, 0.5) is 4.79 Å². The van der Waals surface area contributed by atoms with E-state index in [1.54, 1.807) is 17.0 Å². The SMILES string of the molecule is Cc1ccc(S(=O)(=O)OCCCC[C@H]2[C@@H](O)[C@@H](O[Si](C)(C)C(C)(C)C)CN2C(=O)OC(C)(C)C)cc1. The summed E-state index contributed by atoms with van der Waals surface area (Å²) in [6, 6.07) is 6.03. The quantitative estimate of drug-likeness (QED) is 0.258. The van der Waals surface area contributed by atoms with Crippen molar-refractivity contribution in [3.05, 3.63) is 29.8 Å². The Balaban J connectivity index is 2.03. The highest BCUT2D eigenvalue weighted by Gasteiger charge is 2.49. The Kier molecular flexibility index (Phi) is 9.84. The first kappa shape index (κ1) is 30.8. The number of ether oxygens (including phenoxy) is 1. The van der Waals surface area contributed by atoms with Gasteiger partial charge in [0.1, 0.15) is 11.7 Å². The fraction of sp³-hybridized carbons (Fsp3) is 0.731. The Hall–Kier alpha value is -1.46. The lowest BCUT2D eigenvalue weighted by atomic mass is 10.0. The van der Waals surface area contributed by atoms with Crippen molar-refractivity contribution in [2.24, 2.45) is 0 Å². The number of benzene rings is 1. The van der Waals surface area contributed by atoms with Crippen molar-refractivity contribution >= 4 is 24.5 Å². The number of aliphatic hydroxyl groups is 1. The van der Waals surface area contributed by atoms with Crippen LogP contribution in [0, 0.1) is 6.92 Å². The number of amides is 1. The van der Waals surface area contributed by atoms with E-state index < -0.39 is 48.4 Å². The predicted octanol–water partition coefficient (Wildman–Crippen LogP) is 5.24. The van der Waals surface area contributed by atoms with E-state index in [9.17, 15) is 18.3 Å². The molecule has 10 heteroatoms. The summed E-state index contributed by atoms with van der Waals surface area (Å²) in [5.74, 6) is 0. The standard InChI is InChI=1S/C26H45NO7SSi/c1-19-13-15-20(16-14-19)35(30,31)32-17-11-10-12-21-23(28)22(34-36(8,9)26(5,6)7)18-27(21)24(29)33-25(2,3)4/h13-16,21-23,28H,10-12,17-18H2,1-9H3/t21-,22-,23+/m0/s1. The number of hydrogen-bond donors (Lipinski definition) is 1. The topological polar surface area (TPSA) is 102 Å². The van der Waals surface area contributed by atoms with Gasteiger partial charge in [-0.3, -0.25) is 9.08 Å². The molecule has 0 bridgehead atoms. The van der Waals surface area contributed by atoms with Gasteiger partial charge in [0.25, 0.3) is 10.1 Å². The average Bonchev–Trinajstić information content (AvgIpc) is 3.01. The first-order chi connectivity index (χ1) is 16.3. The molecular formula is C26H45NO7SSi. The summed E-state index contributed by atoms with van der Waals surface area (Å²) in [4.78, 5) is 14.7. The summed E-state index contributed by atoms with van der Waals surface area (Å²) in [5.41, 5.74) is 0.304. The lowest BCUT2D eigenvalue weighted by Gasteiger charge is -2.39. The molecule has 1 fully saturated rings. The second-order valence-corrected chi connectivity index (χ2v) is 18.6. The van der Waals surface area contributed by atoms with Crippen molar-refractivity contribution in [2.45, 2.75) is 115 Å². The van der Waals surface area contributed by atoms with Crippen LogP contribution in [0.2, 0.25) is 18.1 Å². The molecule has 1 aromatic carbocycles. The summed E-state index contributed by atoms with van der Waals surface area (Å²) in [6.07, 6.45) is -0.329. The molecule has 0 radical (unpaired) electrons. The van der Waals surface area contributed by atoms with Crippen LogP contribution in [-0.4, -0.2) is 69.8 Å². The summed E-state index contributed by atoms with van der Waals surface area (Å²) < 4.78 is 42.1. The number of unbranched alkanes of at least 4 members (excludes halogenated alkanes) is 1. The molecular weight excluding hydrogens is 498 g/mol. The van der Waals surface area contributed by atoms with Crippen molar-refractivity contribution in [2.75, 3.05) is 13.2 Å². The summed E-state index contributed by atoms with van der Waals surface area (Å²) >= 11 is 0. The van der Waals surface area contributed by atoms with Gasteiger partial charge in [0, 0.05) is 0 Å². The zero-order chi connectivity index (χ0) is 27.5. The van der Waals surface area contributed by atoms with E-state index in [0.29, 0.717) is 19.3 Å². The van der Waals surface area contributed by atoms with E-state index in [2.05, 4.69) is 33.9 Å². The van der Waals surface area contributed by atoms with E-state index in [4.69, 9.17) is 13.3 Å². The number of aliphatic hydroxyl groups excluding tert-OH is 1. The highest BCUT2D eigenvalue weighted by Crippen LogP contribution is 2.39. The molecule has 1 N–H and O–H groups in total. The first-order valence-electron chi connectivity index (χ1n) is 12.7. The number of carbonyl (C=O) groups excluding carboxylic acids is 1. The van der Waals surface area contributed by atoms with Gasteiger partial charge in [-0.2, -0.15) is 8.42 Å². The minimum Gasteiger partial charge on any atom is -0.444 e. The number of aryl methyl sites for hydroxylation is 1. The molecule has 1 aliphatic heterocycles. The number of rotatable bonds is 9. The van der Waals surface area contributed by atoms with E-state index in [0.717, 1.165) is 5.56 Å². The number of carbonyl (C=O) groups is 1. The van der Waals surface area contributed by atoms with Gasteiger partial charge in [-0.05, 0) is 77.2 Å². The third-order valence-corrected chi connectivity index (χ3v) is 12.7. The number of hydrogen-bond acceptors (Lipinski definition) is 7. The highest BCUT2D eigenvalue weighted by atomic mass is 32.2. The van der Waals surface area contributed by atoms with Crippen molar-refractivity contribution in [1.82, 2.24) is 4.90 Å². The molecule has 0 spiro atoms. The van der Waals surface area contributed by atoms with Crippen LogP contribution >= 0.6 is 0 Å². The number of likely N-dealkylation sites (tertiary alicyclic amines) is 1. The van der Waals surface area contributed by atoms with Crippen LogP contribution in [-0.2, 0) is 23.5 Å². The number of nitrogens with zero attached hydrogens (tertiary/aromatic N) is 1. The molecule has 1 aromatic rings. The van der Waals surface area contributed by atoms with Gasteiger partial charge in [0.05, 0.1) is 30.2 Å². The molecule has 1 saturated heterocycles. The van der Waals surface area contributed by atoms with Crippen LogP contribution in [0.5, 0.6) is 0 Å². The van der Waals surface area contributed by atoms with E-state index in [1.165, 1.54) is 12.1 Å². The van der Waals surface area contributed by atoms with Crippen molar-refractivity contribution in [3.63, 3.8) is 0 Å². The third-order valence-electron chi connectivity index (χ3n) is 6.87. The van der Waals surface area contributed by atoms with Crippen LogP contribution in [0.3, 0.4) is 0 Å². The smallest absolute Gasteiger partial charge is 0.410 e. The van der Waals surface area contributed by atoms with Crippen molar-refractivity contribution in [1.29, 1.82) is 0 Å². The minimum absolute atomic E-state index is 0.0232. The lowest BCUT2D eigenvalue weighted by Crippen LogP contribution is -2.47. The first-order valence-corrected chi connectivity index (χ1v) is 17.0. The molecule has 8 nitrogen and oxygen atoms in total. The highest BCUT2D eigenvalue weighted by molar-refractivity contribution is 7.86. The van der Waals surface area contributed by atoms with Crippen LogP contribution in [0.25, 0.3) is 0 Å². The van der Waals surface area contributed by atoms with Gasteiger partial charge in [-0.25, -0.2) is 4.79 Å². The van der Waals surface area contributed by atoms with Gasteiger partial charge in [0.2, 0.25) is 0 Å². The zero-order valence-electron chi connectivity index (χ0n) is 23.3. The van der Waals surface area contributed by atoms with Gasteiger partial charge in [0.15, 0.2) is 8.32 Å². The monoisotopic (exact) mass is 543 g/mol. The summed E-state index contributed by atoms with van der Waals surface area (Å²) in [7, 11) is -6.00. The fourth-order valence-corrected chi connectivity index (χ4v) is 6.05. The summed E-state index contributed by atoms with van der Waals surface area (Å²) in [5, 5.41) is 11.1. The molecule has 1 amide bonds. The van der Waals surface area contributed by atoms with Crippen LogP contribution < -0.4 is 0 Å². The van der Waals surface area contributed by atoms with Crippen LogP contribution in [0.1, 0.15) is 66.4 Å². The van der Waals surface area contributed by atoms with Crippen molar-refractivity contribution in [3.8, 4) is 0 Å². The average molecular weight is 544 g/mol. The fourth-order valence-electron chi connectivity index (χ4n) is 3.79. The van der Waals surface area contributed by atoms with Gasteiger partial charge >= 0.3 is 6.09 Å². The lowest BCUT2D eigenvalue weighted by molar-refractivity contribution is 0.0123. The molecule has 0 unspecified atom stereocenters. The maximum atomic E-state index is 13.0. The maximum absolute atomic E-state index is 13.0. The molecule has 2 rings (SSSR count). The Labute approximate surface area is 218 Å². The largest absolute Gasteiger partial charge is 0.444 e.